The first kappa shape index (κ1) is 9.63. The fraction of sp³-hybridized carbons (Fsp3) is 0.125. The zero-order valence-corrected chi connectivity index (χ0v) is 7.19. The number of hydrogen-bond donors (Lipinski definition) is 0. The van der Waals surface area contributed by atoms with Gasteiger partial charge in [0.2, 0.25) is 12.2 Å². The maximum absolute atomic E-state index is 12.1. The molecule has 0 spiro atoms. The van der Waals surface area contributed by atoms with Gasteiger partial charge in [0, 0.05) is 11.8 Å². The lowest BCUT2D eigenvalue weighted by Gasteiger charge is -2.04. The Morgan fingerprint density at radius 3 is 2.40 bits per heavy atom. The molecule has 4 nitrogen and oxygen atoms in total. The number of hydrogen-bond acceptors (Lipinski definition) is 4. The van der Waals surface area contributed by atoms with Crippen LogP contribution in [-0.4, -0.2) is 15.1 Å². The summed E-state index contributed by atoms with van der Waals surface area (Å²) in [6.45, 7) is 0. The maximum atomic E-state index is 12.1. The van der Waals surface area contributed by atoms with Crippen LogP contribution >= 0.6 is 0 Å². The summed E-state index contributed by atoms with van der Waals surface area (Å²) in [7, 11) is 0. The van der Waals surface area contributed by atoms with Gasteiger partial charge in [-0.05, 0) is 12.1 Å². The molecule has 2 rings (SSSR count). The predicted octanol–water partition coefficient (Wildman–Crippen LogP) is 2.15. The van der Waals surface area contributed by atoms with Crippen LogP contribution in [0.5, 0.6) is 0 Å². The van der Waals surface area contributed by atoms with E-state index in [2.05, 4.69) is 19.6 Å². The van der Waals surface area contributed by atoms with E-state index < -0.39 is 11.9 Å². The van der Waals surface area contributed by atoms with Crippen molar-refractivity contribution in [3.05, 3.63) is 30.4 Å². The molecule has 2 heterocycles. The second kappa shape index (κ2) is 3.34. The smallest absolute Gasteiger partial charge is 0.342 e. The molecule has 0 amide bonds. The average molecular weight is 215 g/mol. The molecular weight excluding hydrogens is 211 g/mol. The third-order valence-electron chi connectivity index (χ3n) is 1.67. The van der Waals surface area contributed by atoms with Gasteiger partial charge in [0.1, 0.15) is 5.69 Å². The monoisotopic (exact) mass is 215 g/mol. The summed E-state index contributed by atoms with van der Waals surface area (Å²) in [6, 6.07) is 2.10. The number of rotatable bonds is 1. The van der Waals surface area contributed by atoms with Crippen molar-refractivity contribution in [1.82, 2.24) is 15.1 Å². The zero-order chi connectivity index (χ0) is 10.9. The van der Waals surface area contributed by atoms with Gasteiger partial charge in [0.25, 0.3) is 0 Å². The van der Waals surface area contributed by atoms with Crippen molar-refractivity contribution in [2.45, 2.75) is 6.18 Å². The van der Waals surface area contributed by atoms with E-state index in [1.807, 2.05) is 0 Å². The van der Waals surface area contributed by atoms with E-state index in [4.69, 9.17) is 0 Å². The van der Waals surface area contributed by atoms with Gasteiger partial charge < -0.3 is 4.52 Å². The van der Waals surface area contributed by atoms with E-state index in [1.165, 1.54) is 6.07 Å². The molecule has 15 heavy (non-hydrogen) atoms. The highest BCUT2D eigenvalue weighted by Gasteiger charge is 2.32. The molecule has 0 fully saturated rings. The van der Waals surface area contributed by atoms with Gasteiger partial charge in [-0.15, -0.1) is 0 Å². The van der Waals surface area contributed by atoms with Crippen LogP contribution in [0.1, 0.15) is 5.69 Å². The van der Waals surface area contributed by atoms with Crippen molar-refractivity contribution in [1.29, 1.82) is 0 Å². The first-order valence-electron chi connectivity index (χ1n) is 3.87. The summed E-state index contributed by atoms with van der Waals surface area (Å²) < 4.78 is 40.9. The van der Waals surface area contributed by atoms with Crippen LogP contribution in [0.25, 0.3) is 11.4 Å². The molecule has 0 aliphatic carbocycles. The molecule has 0 radical (unpaired) electrons. The fourth-order valence-electron chi connectivity index (χ4n) is 0.992. The molecule has 7 heteroatoms. The standard InChI is InChI=1S/C8H4F3N3O/c9-8(10,11)6-2-1-5(3-12-6)7-13-4-15-14-7/h1-4H. The molecule has 0 aromatic carbocycles. The lowest BCUT2D eigenvalue weighted by molar-refractivity contribution is -0.141. The van der Waals surface area contributed by atoms with Crippen LogP contribution < -0.4 is 0 Å². The van der Waals surface area contributed by atoms with Crippen LogP contribution in [0, 0.1) is 0 Å². The van der Waals surface area contributed by atoms with Crippen molar-refractivity contribution >= 4 is 0 Å². The Bertz CT molecular complexity index is 435. The molecule has 0 saturated carbocycles. The van der Waals surface area contributed by atoms with Gasteiger partial charge in [0.15, 0.2) is 0 Å². The summed E-state index contributed by atoms with van der Waals surface area (Å²) in [4.78, 5) is 6.94. The number of aromatic nitrogens is 3. The van der Waals surface area contributed by atoms with E-state index in [0.29, 0.717) is 5.56 Å². The highest BCUT2D eigenvalue weighted by atomic mass is 19.4. The lowest BCUT2D eigenvalue weighted by Crippen LogP contribution is -2.07. The second-order valence-corrected chi connectivity index (χ2v) is 2.68. The Hall–Kier alpha value is -1.92. The topological polar surface area (TPSA) is 51.8 Å². The molecule has 0 unspecified atom stereocenters. The molecular formula is C8H4F3N3O. The van der Waals surface area contributed by atoms with E-state index in [0.717, 1.165) is 18.7 Å². The zero-order valence-electron chi connectivity index (χ0n) is 7.19. The normalized spacial score (nSPS) is 11.7. The Labute approximate surface area is 81.8 Å². The Morgan fingerprint density at radius 2 is 1.93 bits per heavy atom. The molecule has 0 aliphatic heterocycles. The van der Waals surface area contributed by atoms with Crippen molar-refractivity contribution in [3.63, 3.8) is 0 Å². The Morgan fingerprint density at radius 1 is 1.13 bits per heavy atom. The van der Waals surface area contributed by atoms with Crippen molar-refractivity contribution in [2.75, 3.05) is 0 Å². The van der Waals surface area contributed by atoms with Crippen molar-refractivity contribution in [3.8, 4) is 11.4 Å². The Balaban J connectivity index is 2.33. The second-order valence-electron chi connectivity index (χ2n) is 2.68. The molecule has 0 saturated heterocycles. The molecule has 0 N–H and O–H groups in total. The predicted molar refractivity (Wildman–Crippen MR) is 42.5 cm³/mol. The van der Waals surface area contributed by atoms with E-state index in [-0.39, 0.29) is 5.82 Å². The minimum absolute atomic E-state index is 0.205. The average Bonchev–Trinajstić information content (AvgIpc) is 2.69. The largest absolute Gasteiger partial charge is 0.433 e. The van der Waals surface area contributed by atoms with Gasteiger partial charge in [-0.3, -0.25) is 4.98 Å². The number of halogens is 3. The van der Waals surface area contributed by atoms with Crippen LogP contribution in [0.3, 0.4) is 0 Å². The number of pyridine rings is 1. The van der Waals surface area contributed by atoms with Crippen molar-refractivity contribution < 1.29 is 17.7 Å². The van der Waals surface area contributed by atoms with Gasteiger partial charge >= 0.3 is 6.18 Å². The summed E-state index contributed by atoms with van der Waals surface area (Å²) >= 11 is 0. The molecule has 0 bridgehead atoms. The van der Waals surface area contributed by atoms with Gasteiger partial charge in [-0.25, -0.2) is 0 Å². The number of alkyl halides is 3. The van der Waals surface area contributed by atoms with Crippen LogP contribution in [-0.2, 0) is 6.18 Å². The van der Waals surface area contributed by atoms with Crippen LogP contribution in [0.2, 0.25) is 0 Å². The van der Waals surface area contributed by atoms with Crippen molar-refractivity contribution in [2.24, 2.45) is 0 Å². The molecule has 0 atom stereocenters. The SMILES string of the molecule is FC(F)(F)c1ccc(-c2ncon2)cn1. The minimum Gasteiger partial charge on any atom is -0.342 e. The molecule has 78 valence electrons. The van der Waals surface area contributed by atoms with Gasteiger partial charge in [-0.1, -0.05) is 5.16 Å². The minimum atomic E-state index is -4.43. The van der Waals surface area contributed by atoms with Crippen LogP contribution in [0.4, 0.5) is 13.2 Å². The van der Waals surface area contributed by atoms with E-state index >= 15 is 0 Å². The highest BCUT2D eigenvalue weighted by Crippen LogP contribution is 2.28. The first-order valence-corrected chi connectivity index (χ1v) is 3.87. The number of nitrogens with zero attached hydrogens (tertiary/aromatic N) is 3. The molecule has 2 aromatic rings. The summed E-state index contributed by atoms with van der Waals surface area (Å²) in [5.41, 5.74) is -0.577. The molecule has 2 aromatic heterocycles. The summed E-state index contributed by atoms with van der Waals surface area (Å²) in [5.74, 6) is 0.205. The molecule has 0 aliphatic rings. The summed E-state index contributed by atoms with van der Waals surface area (Å²) in [6.07, 6.45) is -2.30. The Kier molecular flexibility index (Phi) is 2.14. The third kappa shape index (κ3) is 1.95. The van der Waals surface area contributed by atoms with E-state index in [1.54, 1.807) is 0 Å². The van der Waals surface area contributed by atoms with Crippen LogP contribution in [0.15, 0.2) is 29.2 Å². The first-order chi connectivity index (χ1) is 7.07. The van der Waals surface area contributed by atoms with Gasteiger partial charge in [-0.2, -0.15) is 18.2 Å². The van der Waals surface area contributed by atoms with E-state index in [9.17, 15) is 13.2 Å². The maximum Gasteiger partial charge on any atom is 0.433 e. The summed E-state index contributed by atoms with van der Waals surface area (Å²) in [5, 5.41) is 3.47. The highest BCUT2D eigenvalue weighted by molar-refractivity contribution is 5.52. The quantitative estimate of drug-likeness (QED) is 0.731. The third-order valence-corrected chi connectivity index (χ3v) is 1.67. The van der Waals surface area contributed by atoms with Gasteiger partial charge in [0.05, 0.1) is 0 Å². The fourth-order valence-corrected chi connectivity index (χ4v) is 0.992. The lowest BCUT2D eigenvalue weighted by atomic mass is 10.2.